The van der Waals surface area contributed by atoms with Crippen molar-refractivity contribution in [1.29, 1.82) is 0 Å². The van der Waals surface area contributed by atoms with Crippen molar-refractivity contribution in [2.24, 2.45) is 0 Å². The lowest BCUT2D eigenvalue weighted by Crippen LogP contribution is -2.34. The van der Waals surface area contributed by atoms with Crippen molar-refractivity contribution in [2.75, 3.05) is 6.54 Å². The van der Waals surface area contributed by atoms with Crippen LogP contribution in [0.15, 0.2) is 66.7 Å². The van der Waals surface area contributed by atoms with Crippen LogP contribution in [0.2, 0.25) is 0 Å². The molecule has 3 heteroatoms. The first-order valence-corrected chi connectivity index (χ1v) is 8.19. The number of carbonyl (C=O) groups is 1. The Kier molecular flexibility index (Phi) is 3.83. The predicted octanol–water partition coefficient (Wildman–Crippen LogP) is 3.83. The van der Waals surface area contributed by atoms with E-state index in [4.69, 9.17) is 0 Å². The molecule has 0 aliphatic carbocycles. The molecular weight excluding hydrogens is 296 g/mol. The second-order valence-corrected chi connectivity index (χ2v) is 6.04. The van der Waals surface area contributed by atoms with E-state index in [1.54, 1.807) is 12.2 Å². The van der Waals surface area contributed by atoms with Crippen LogP contribution in [0.5, 0.6) is 0 Å². The number of hydrogen-bond donors (Lipinski definition) is 0. The predicted molar refractivity (Wildman–Crippen MR) is 96.3 cm³/mol. The molecule has 2 heterocycles. The fraction of sp³-hybridized carbons (Fsp3) is 0.143. The third-order valence-electron chi connectivity index (χ3n) is 4.46. The molecule has 0 spiro atoms. The third kappa shape index (κ3) is 2.93. The van der Waals surface area contributed by atoms with E-state index in [1.165, 1.54) is 11.1 Å². The number of aromatic nitrogens is 1. The second kappa shape index (κ2) is 6.28. The number of carbonyl (C=O) groups excluding carboxylic acids is 1. The zero-order valence-corrected chi connectivity index (χ0v) is 13.4. The van der Waals surface area contributed by atoms with Crippen LogP contribution in [-0.4, -0.2) is 22.3 Å². The van der Waals surface area contributed by atoms with Crippen LogP contribution in [-0.2, 0) is 17.8 Å². The fourth-order valence-corrected chi connectivity index (χ4v) is 3.12. The highest BCUT2D eigenvalue weighted by Gasteiger charge is 2.18. The largest absolute Gasteiger partial charge is 0.334 e. The van der Waals surface area contributed by atoms with Crippen LogP contribution < -0.4 is 0 Å². The normalized spacial score (nSPS) is 14.1. The number of benzene rings is 2. The Bertz CT molecular complexity index is 930. The summed E-state index contributed by atoms with van der Waals surface area (Å²) in [6.45, 7) is 1.45. The topological polar surface area (TPSA) is 33.2 Å². The zero-order valence-electron chi connectivity index (χ0n) is 13.4. The summed E-state index contributed by atoms with van der Waals surface area (Å²) in [5.41, 5.74) is 4.34. The number of para-hydroxylation sites is 1. The van der Waals surface area contributed by atoms with E-state index in [0.29, 0.717) is 6.54 Å². The number of hydrogen-bond acceptors (Lipinski definition) is 2. The Morgan fingerprint density at radius 2 is 1.75 bits per heavy atom. The van der Waals surface area contributed by atoms with Gasteiger partial charge in [-0.2, -0.15) is 0 Å². The molecule has 0 bridgehead atoms. The third-order valence-corrected chi connectivity index (χ3v) is 4.46. The molecule has 3 aromatic rings. The molecule has 0 radical (unpaired) electrons. The molecule has 1 aliphatic heterocycles. The first-order valence-electron chi connectivity index (χ1n) is 8.19. The highest BCUT2D eigenvalue weighted by Crippen LogP contribution is 2.19. The maximum absolute atomic E-state index is 12.5. The highest BCUT2D eigenvalue weighted by atomic mass is 16.2. The minimum Gasteiger partial charge on any atom is -0.334 e. The Balaban J connectivity index is 1.50. The molecule has 0 atom stereocenters. The lowest BCUT2D eigenvalue weighted by atomic mass is 10.00. The number of pyridine rings is 1. The molecule has 0 fully saturated rings. The lowest BCUT2D eigenvalue weighted by Gasteiger charge is -2.27. The average molecular weight is 314 g/mol. The summed E-state index contributed by atoms with van der Waals surface area (Å²) >= 11 is 0. The van der Waals surface area contributed by atoms with Gasteiger partial charge in [0.2, 0.25) is 5.91 Å². The van der Waals surface area contributed by atoms with Crippen molar-refractivity contribution < 1.29 is 4.79 Å². The monoisotopic (exact) mass is 314 g/mol. The van der Waals surface area contributed by atoms with Crippen LogP contribution in [0.1, 0.15) is 16.8 Å². The summed E-state index contributed by atoms with van der Waals surface area (Å²) < 4.78 is 0. The summed E-state index contributed by atoms with van der Waals surface area (Å²) in [5, 5.41) is 1.11. The van der Waals surface area contributed by atoms with E-state index in [0.717, 1.165) is 29.6 Å². The quantitative estimate of drug-likeness (QED) is 0.674. The molecule has 118 valence electrons. The SMILES string of the molecule is O=C(C=Cc1ccc2ccccc2n1)N1CCc2ccccc2C1. The van der Waals surface area contributed by atoms with Crippen molar-refractivity contribution in [1.82, 2.24) is 9.88 Å². The van der Waals surface area contributed by atoms with Gasteiger partial charge < -0.3 is 4.90 Å². The maximum Gasteiger partial charge on any atom is 0.246 e. The van der Waals surface area contributed by atoms with Gasteiger partial charge in [-0.3, -0.25) is 4.79 Å². The Hall–Kier alpha value is -2.94. The molecule has 2 aromatic carbocycles. The van der Waals surface area contributed by atoms with Crippen LogP contribution >= 0.6 is 0 Å². The second-order valence-electron chi connectivity index (χ2n) is 6.04. The van der Waals surface area contributed by atoms with Crippen LogP contribution in [0.4, 0.5) is 0 Å². The molecule has 0 saturated heterocycles. The van der Waals surface area contributed by atoms with E-state index < -0.39 is 0 Å². The molecule has 1 aliphatic rings. The van der Waals surface area contributed by atoms with Crippen molar-refractivity contribution >= 4 is 22.9 Å². The standard InChI is InChI=1S/C21H18N2O/c24-21(23-14-13-16-5-1-2-7-18(16)15-23)12-11-19-10-9-17-6-3-4-8-20(17)22-19/h1-12H,13-15H2. The summed E-state index contributed by atoms with van der Waals surface area (Å²) in [6.07, 6.45) is 4.35. The highest BCUT2D eigenvalue weighted by molar-refractivity contribution is 5.92. The van der Waals surface area contributed by atoms with Crippen molar-refractivity contribution in [3.63, 3.8) is 0 Å². The molecule has 3 nitrogen and oxygen atoms in total. The number of fused-ring (bicyclic) bond motifs is 2. The van der Waals surface area contributed by atoms with Gasteiger partial charge in [-0.05, 0) is 35.8 Å². The first-order chi connectivity index (χ1) is 11.8. The first kappa shape index (κ1) is 14.6. The van der Waals surface area contributed by atoms with E-state index in [-0.39, 0.29) is 5.91 Å². The van der Waals surface area contributed by atoms with E-state index >= 15 is 0 Å². The van der Waals surface area contributed by atoms with Gasteiger partial charge in [0.1, 0.15) is 0 Å². The number of amides is 1. The maximum atomic E-state index is 12.5. The smallest absolute Gasteiger partial charge is 0.246 e. The molecule has 4 rings (SSSR count). The molecule has 0 N–H and O–H groups in total. The van der Waals surface area contributed by atoms with E-state index in [1.807, 2.05) is 47.4 Å². The van der Waals surface area contributed by atoms with Crippen LogP contribution in [0.25, 0.3) is 17.0 Å². The molecule has 0 unspecified atom stereocenters. The van der Waals surface area contributed by atoms with Crippen LogP contribution in [0.3, 0.4) is 0 Å². The van der Waals surface area contributed by atoms with Gasteiger partial charge in [0.25, 0.3) is 0 Å². The van der Waals surface area contributed by atoms with E-state index in [2.05, 4.69) is 23.2 Å². The van der Waals surface area contributed by atoms with Gasteiger partial charge in [-0.15, -0.1) is 0 Å². The van der Waals surface area contributed by atoms with Crippen molar-refractivity contribution in [3.05, 3.63) is 83.6 Å². The average Bonchev–Trinajstić information content (AvgIpc) is 2.65. The Labute approximate surface area is 141 Å². The van der Waals surface area contributed by atoms with Gasteiger partial charge in [-0.1, -0.05) is 48.5 Å². The van der Waals surface area contributed by atoms with Crippen molar-refractivity contribution in [2.45, 2.75) is 13.0 Å². The van der Waals surface area contributed by atoms with Gasteiger partial charge in [0, 0.05) is 24.6 Å². The molecule has 24 heavy (non-hydrogen) atoms. The van der Waals surface area contributed by atoms with Crippen LogP contribution in [0, 0.1) is 0 Å². The van der Waals surface area contributed by atoms with Gasteiger partial charge in [-0.25, -0.2) is 4.98 Å². The molecule has 0 saturated carbocycles. The fourth-order valence-electron chi connectivity index (χ4n) is 3.12. The van der Waals surface area contributed by atoms with Crippen molar-refractivity contribution in [3.8, 4) is 0 Å². The molecular formula is C21H18N2O. The summed E-state index contributed by atoms with van der Waals surface area (Å²) in [6, 6.07) is 20.3. The van der Waals surface area contributed by atoms with Gasteiger partial charge >= 0.3 is 0 Å². The summed E-state index contributed by atoms with van der Waals surface area (Å²) in [4.78, 5) is 18.9. The molecule has 1 aromatic heterocycles. The molecule has 1 amide bonds. The number of rotatable bonds is 2. The van der Waals surface area contributed by atoms with Gasteiger partial charge in [0.05, 0.1) is 11.2 Å². The minimum absolute atomic E-state index is 0.0412. The Morgan fingerprint density at radius 3 is 2.67 bits per heavy atom. The summed E-state index contributed by atoms with van der Waals surface area (Å²) in [5.74, 6) is 0.0412. The van der Waals surface area contributed by atoms with Gasteiger partial charge in [0.15, 0.2) is 0 Å². The summed E-state index contributed by atoms with van der Waals surface area (Å²) in [7, 11) is 0. The lowest BCUT2D eigenvalue weighted by molar-refractivity contribution is -0.126. The zero-order chi connectivity index (χ0) is 16.4. The number of nitrogens with zero attached hydrogens (tertiary/aromatic N) is 2. The minimum atomic E-state index is 0.0412. The van der Waals surface area contributed by atoms with E-state index in [9.17, 15) is 4.79 Å². The Morgan fingerprint density at radius 1 is 0.958 bits per heavy atom.